The van der Waals surface area contributed by atoms with Gasteiger partial charge in [-0.1, -0.05) is 32.9 Å². The zero-order chi connectivity index (χ0) is 56.0. The molecular weight excluding hydrogens is 1020 g/mol. The molecule has 416 valence electrons. The van der Waals surface area contributed by atoms with Crippen LogP contribution in [0, 0.1) is 18.7 Å². The maximum absolute atomic E-state index is 15.4. The van der Waals surface area contributed by atoms with Gasteiger partial charge in [0.2, 0.25) is 24.1 Å². The van der Waals surface area contributed by atoms with Crippen LogP contribution in [0.4, 0.5) is 14.9 Å². The second-order valence-corrected chi connectivity index (χ2v) is 19.8. The van der Waals surface area contributed by atoms with Crippen molar-refractivity contribution in [3.05, 3.63) is 104 Å². The smallest absolute Gasteiger partial charge is 0.343 e. The summed E-state index contributed by atoms with van der Waals surface area (Å²) in [4.78, 5) is 108. The standard InChI is InChI=1S/C54H64FN9O14/c1-5-54(74)35-23-40-47-33(25-64(40)50(70)34(35)27-77-51(54)71)45-37(13-12-32-29(4)36(55)24-39(59-47)44(32)45)61-53(73)78-26-30-8-10-31(11-9-30)58-48(68)38(7-6-17-57-52(56)72)60-49(69)46(28(2)3)62-41(65)16-19-75-21-22-76-20-18-63-42(66)14-15-43(63)67/h8-11,14-15,23-24,28,37-38,46,53,61,73-74H,5-7,12-13,16-22,25-27H2,1-4H3,(H,58,68)(H,60,69)(H,62,65)(H3,56,57,72)/t37-,38?,46-,53?,54-/m0/s1. The van der Waals surface area contributed by atoms with Crippen LogP contribution in [0.5, 0.6) is 0 Å². The van der Waals surface area contributed by atoms with Gasteiger partial charge < -0.3 is 60.7 Å². The van der Waals surface area contributed by atoms with Crippen LogP contribution in [0.2, 0.25) is 0 Å². The zero-order valence-corrected chi connectivity index (χ0v) is 43.7. The molecule has 2 aromatic heterocycles. The fourth-order valence-corrected chi connectivity index (χ4v) is 10.2. The highest BCUT2D eigenvalue weighted by Crippen LogP contribution is 2.46. The molecule has 0 fully saturated rings. The summed E-state index contributed by atoms with van der Waals surface area (Å²) in [7, 11) is 0. The highest BCUT2D eigenvalue weighted by Gasteiger charge is 2.46. The number of benzene rings is 2. The number of pyridine rings is 2. The van der Waals surface area contributed by atoms with Crippen molar-refractivity contribution in [1.82, 2.24) is 35.7 Å². The van der Waals surface area contributed by atoms with Crippen LogP contribution >= 0.6 is 0 Å². The van der Waals surface area contributed by atoms with E-state index in [4.69, 9.17) is 29.7 Å². The number of carbonyl (C=O) groups is 7. The lowest BCUT2D eigenvalue weighted by Crippen LogP contribution is -2.54. The van der Waals surface area contributed by atoms with E-state index in [1.54, 1.807) is 58.0 Å². The minimum atomic E-state index is -2.04. The number of halogens is 1. The van der Waals surface area contributed by atoms with Gasteiger partial charge in [0.05, 0.1) is 68.6 Å². The third kappa shape index (κ3) is 12.3. The lowest BCUT2D eigenvalue weighted by Gasteiger charge is -2.31. The minimum absolute atomic E-state index is 0.0188. The van der Waals surface area contributed by atoms with Gasteiger partial charge in [-0.25, -0.2) is 19.0 Å². The summed E-state index contributed by atoms with van der Waals surface area (Å²) < 4.78 is 39.0. The number of fused-ring (bicyclic) bond motifs is 5. The van der Waals surface area contributed by atoms with Crippen molar-refractivity contribution in [2.75, 3.05) is 44.8 Å². The van der Waals surface area contributed by atoms with E-state index in [9.17, 15) is 48.6 Å². The fourth-order valence-electron chi connectivity index (χ4n) is 10.2. The SMILES string of the molecule is CC[C@@]1(O)C(=O)OCc2c1cc1n(c2=O)Cc2c-1nc1cc(F)c(C)c3c1c2[C@@H](NC(O)OCc1ccc(NC(=O)C(CCCNC(N)=O)NC(=O)[C@@H](NC(=O)CCOCCOCCN2C(=O)C=CC2=O)C(C)C)cc1)CC3. The molecule has 7 amide bonds. The van der Waals surface area contributed by atoms with E-state index in [1.165, 1.54) is 22.8 Å². The van der Waals surface area contributed by atoms with E-state index >= 15 is 4.39 Å². The third-order valence-electron chi connectivity index (χ3n) is 14.4. The number of aliphatic hydroxyl groups excluding tert-OH is 1. The number of primary amides is 1. The number of aliphatic hydroxyl groups is 2. The van der Waals surface area contributed by atoms with Gasteiger partial charge in [0, 0.05) is 59.4 Å². The van der Waals surface area contributed by atoms with E-state index in [2.05, 4.69) is 26.6 Å². The number of ether oxygens (including phenoxy) is 4. The monoisotopic (exact) mass is 1080 g/mol. The summed E-state index contributed by atoms with van der Waals surface area (Å²) in [5, 5.41) is 37.3. The average Bonchev–Trinajstić information content (AvgIpc) is 4.11. The van der Waals surface area contributed by atoms with Crippen molar-refractivity contribution < 1.29 is 67.1 Å². The molecule has 78 heavy (non-hydrogen) atoms. The number of esters is 1. The number of aromatic nitrogens is 2. The Hall–Kier alpha value is -7.48. The second-order valence-electron chi connectivity index (χ2n) is 19.8. The molecule has 5 atom stereocenters. The summed E-state index contributed by atoms with van der Waals surface area (Å²) in [6.45, 7) is 7.17. The lowest BCUT2D eigenvalue weighted by atomic mass is 9.81. The molecule has 4 aliphatic rings. The number of cyclic esters (lactones) is 1. The summed E-state index contributed by atoms with van der Waals surface area (Å²) in [6, 6.07) is 6.10. The quantitative estimate of drug-likeness (QED) is 0.0179. The van der Waals surface area contributed by atoms with Crippen LogP contribution in [-0.4, -0.2) is 124 Å². The summed E-state index contributed by atoms with van der Waals surface area (Å²) >= 11 is 0. The first-order valence-electron chi connectivity index (χ1n) is 25.9. The largest absolute Gasteiger partial charge is 0.458 e. The third-order valence-corrected chi connectivity index (χ3v) is 14.4. The second kappa shape index (κ2) is 24.5. The molecule has 1 aliphatic carbocycles. The first-order valence-corrected chi connectivity index (χ1v) is 25.9. The van der Waals surface area contributed by atoms with Crippen molar-refractivity contribution in [3.63, 3.8) is 0 Å². The molecule has 2 aromatic carbocycles. The number of nitrogens with zero attached hydrogens (tertiary/aromatic N) is 3. The highest BCUT2D eigenvalue weighted by molar-refractivity contribution is 6.12. The van der Waals surface area contributed by atoms with Crippen LogP contribution in [0.15, 0.2) is 53.3 Å². The van der Waals surface area contributed by atoms with Gasteiger partial charge in [-0.2, -0.15) is 0 Å². The van der Waals surface area contributed by atoms with Gasteiger partial charge in [0.15, 0.2) is 5.60 Å². The maximum atomic E-state index is 15.4. The topological polar surface area (TPSA) is 321 Å². The molecule has 0 spiro atoms. The Morgan fingerprint density at radius 1 is 0.962 bits per heavy atom. The molecule has 23 nitrogen and oxygen atoms in total. The Kier molecular flexibility index (Phi) is 17.8. The first-order chi connectivity index (χ1) is 37.3. The molecule has 0 saturated carbocycles. The number of nitrogens with two attached hydrogens (primary N) is 1. The van der Waals surface area contributed by atoms with Crippen LogP contribution in [0.25, 0.3) is 22.3 Å². The molecule has 5 heterocycles. The van der Waals surface area contributed by atoms with Crippen molar-refractivity contribution in [2.45, 2.75) is 116 Å². The molecule has 8 rings (SSSR count). The van der Waals surface area contributed by atoms with Gasteiger partial charge in [0.25, 0.3) is 17.4 Å². The number of hydrogen-bond donors (Lipinski definition) is 8. The Bertz CT molecular complexity index is 3090. The van der Waals surface area contributed by atoms with Crippen molar-refractivity contribution in [1.29, 1.82) is 0 Å². The summed E-state index contributed by atoms with van der Waals surface area (Å²) in [5.41, 5.74) is 7.76. The lowest BCUT2D eigenvalue weighted by molar-refractivity contribution is -0.172. The maximum Gasteiger partial charge on any atom is 0.343 e. The summed E-state index contributed by atoms with van der Waals surface area (Å²) in [6.07, 6.45) is 1.99. The molecular formula is C54H64FN9O14. The average molecular weight is 1080 g/mol. The first kappa shape index (κ1) is 56.7. The fraction of sp³-hybridized carbons (Fsp3) is 0.463. The number of hydrogen-bond acceptors (Lipinski definition) is 16. The van der Waals surface area contributed by atoms with Crippen molar-refractivity contribution in [3.8, 4) is 11.4 Å². The van der Waals surface area contributed by atoms with Crippen molar-refractivity contribution >= 4 is 58.1 Å². The number of aryl methyl sites for hydroxylation is 1. The number of imide groups is 1. The minimum Gasteiger partial charge on any atom is -0.458 e. The Morgan fingerprint density at radius 2 is 1.68 bits per heavy atom. The van der Waals surface area contributed by atoms with Crippen LogP contribution in [0.1, 0.15) is 97.9 Å². The Labute approximate surface area is 447 Å². The Morgan fingerprint density at radius 3 is 2.37 bits per heavy atom. The molecule has 2 unspecified atom stereocenters. The van der Waals surface area contributed by atoms with Gasteiger partial charge >= 0.3 is 12.0 Å². The number of amides is 7. The molecule has 3 aliphatic heterocycles. The normalized spacial score (nSPS) is 18.3. The molecule has 9 N–H and O–H groups in total. The molecule has 4 aromatic rings. The Balaban J connectivity index is 0.869. The van der Waals surface area contributed by atoms with Gasteiger partial charge in [-0.15, -0.1) is 0 Å². The number of nitrogens with one attached hydrogen (secondary N) is 5. The van der Waals surface area contributed by atoms with Gasteiger partial charge in [0.1, 0.15) is 24.5 Å². The molecule has 24 heteroatoms. The predicted octanol–water partition coefficient (Wildman–Crippen LogP) is 1.96. The van der Waals surface area contributed by atoms with E-state index in [-0.39, 0.29) is 102 Å². The highest BCUT2D eigenvalue weighted by atomic mass is 19.1. The molecule has 0 bridgehead atoms. The van der Waals surface area contributed by atoms with Gasteiger partial charge in [-0.05, 0) is 85.4 Å². The van der Waals surface area contributed by atoms with E-state index in [0.29, 0.717) is 57.5 Å². The van der Waals surface area contributed by atoms with E-state index in [1.807, 2.05) is 0 Å². The molecule has 0 saturated heterocycles. The molecule has 0 radical (unpaired) electrons. The number of rotatable bonds is 25. The van der Waals surface area contributed by atoms with Crippen molar-refractivity contribution in [2.24, 2.45) is 11.7 Å². The number of carbonyl (C=O) groups excluding carboxylic acids is 7. The predicted molar refractivity (Wildman–Crippen MR) is 277 cm³/mol. The van der Waals surface area contributed by atoms with Crippen LogP contribution in [-0.2, 0) is 79.5 Å². The zero-order valence-electron chi connectivity index (χ0n) is 43.7. The number of anilines is 1. The summed E-state index contributed by atoms with van der Waals surface area (Å²) in [5.74, 6) is -4.14. The van der Waals surface area contributed by atoms with Crippen LogP contribution < -0.4 is 37.9 Å². The van der Waals surface area contributed by atoms with Gasteiger partial charge in [-0.3, -0.25) is 39.0 Å². The van der Waals surface area contributed by atoms with Crippen LogP contribution in [0.3, 0.4) is 0 Å². The van der Waals surface area contributed by atoms with E-state index < -0.39 is 83.1 Å². The number of urea groups is 1. The van der Waals surface area contributed by atoms with E-state index in [0.717, 1.165) is 16.0 Å².